The third-order valence-corrected chi connectivity index (χ3v) is 6.49. The first-order chi connectivity index (χ1) is 14.1. The normalized spacial score (nSPS) is 12.1. The summed E-state index contributed by atoms with van der Waals surface area (Å²) in [4.78, 5) is 12.1. The first kappa shape index (κ1) is 24.4. The molecule has 0 atom stereocenters. The summed E-state index contributed by atoms with van der Waals surface area (Å²) in [5.41, 5.74) is 2.40. The molecule has 0 aliphatic heterocycles. The van der Waals surface area contributed by atoms with E-state index < -0.39 is 10.0 Å². The van der Waals surface area contributed by atoms with Gasteiger partial charge in [-0.1, -0.05) is 42.3 Å². The van der Waals surface area contributed by atoms with E-state index in [0.29, 0.717) is 54.0 Å². The van der Waals surface area contributed by atoms with E-state index in [-0.39, 0.29) is 5.91 Å². The van der Waals surface area contributed by atoms with Gasteiger partial charge in [-0.3, -0.25) is 4.79 Å². The number of rotatable bonds is 10. The lowest BCUT2D eigenvalue weighted by molar-refractivity contribution is -0.116. The molecule has 0 saturated carbocycles. The minimum Gasteiger partial charge on any atom is -0.353 e. The van der Waals surface area contributed by atoms with Gasteiger partial charge in [0.1, 0.15) is 5.15 Å². The maximum absolute atomic E-state index is 12.1. The molecule has 7 nitrogen and oxygen atoms in total. The molecule has 0 bridgehead atoms. The Labute approximate surface area is 187 Å². The summed E-state index contributed by atoms with van der Waals surface area (Å²) in [6, 6.07) is 7.42. The van der Waals surface area contributed by atoms with Crippen LogP contribution in [-0.2, 0) is 21.4 Å². The number of benzene rings is 1. The van der Waals surface area contributed by atoms with Crippen LogP contribution < -0.4 is 5.32 Å². The minimum atomic E-state index is -3.22. The van der Waals surface area contributed by atoms with Crippen LogP contribution in [0.15, 0.2) is 30.3 Å². The van der Waals surface area contributed by atoms with Gasteiger partial charge in [-0.15, -0.1) is 0 Å². The molecule has 164 valence electrons. The molecule has 1 heterocycles. The fourth-order valence-electron chi connectivity index (χ4n) is 2.87. The van der Waals surface area contributed by atoms with E-state index in [2.05, 4.69) is 10.4 Å². The SMILES string of the molecule is CCN(CCCNC(=O)/C=C/c1c(C)nn(Cc2ccc(Cl)cc2)c1Cl)S(C)(=O)=O. The highest BCUT2D eigenvalue weighted by Crippen LogP contribution is 2.22. The van der Waals surface area contributed by atoms with Gasteiger partial charge in [0.15, 0.2) is 0 Å². The summed E-state index contributed by atoms with van der Waals surface area (Å²) in [5, 5.41) is 8.29. The van der Waals surface area contributed by atoms with E-state index in [1.165, 1.54) is 16.6 Å². The average molecular weight is 473 g/mol. The molecule has 1 amide bonds. The highest BCUT2D eigenvalue weighted by atomic mass is 35.5. The predicted molar refractivity (Wildman–Crippen MR) is 121 cm³/mol. The van der Waals surface area contributed by atoms with Crippen molar-refractivity contribution >= 4 is 45.2 Å². The molecular weight excluding hydrogens is 447 g/mol. The van der Waals surface area contributed by atoms with E-state index in [1.807, 2.05) is 31.2 Å². The molecule has 0 unspecified atom stereocenters. The standard InChI is InChI=1S/C20H26Cl2N4O3S/c1-4-25(30(3,28)29)13-5-12-23-19(27)11-10-18-15(2)24-26(20(18)22)14-16-6-8-17(21)9-7-16/h6-11H,4-5,12-14H2,1-3H3,(H,23,27)/b11-10+. The van der Waals surface area contributed by atoms with Crippen LogP contribution in [0, 0.1) is 6.92 Å². The van der Waals surface area contributed by atoms with Crippen LogP contribution in [0.25, 0.3) is 6.08 Å². The topological polar surface area (TPSA) is 84.3 Å². The lowest BCUT2D eigenvalue weighted by Crippen LogP contribution is -2.33. The summed E-state index contributed by atoms with van der Waals surface area (Å²) >= 11 is 12.4. The summed E-state index contributed by atoms with van der Waals surface area (Å²) in [6.07, 6.45) is 4.74. The fraction of sp³-hybridized carbons (Fsp3) is 0.400. The molecule has 30 heavy (non-hydrogen) atoms. The number of carbonyl (C=O) groups is 1. The third kappa shape index (κ3) is 7.12. The van der Waals surface area contributed by atoms with Gasteiger partial charge in [0.2, 0.25) is 15.9 Å². The number of nitrogens with zero attached hydrogens (tertiary/aromatic N) is 3. The average Bonchev–Trinajstić information content (AvgIpc) is 2.93. The highest BCUT2D eigenvalue weighted by Gasteiger charge is 2.14. The zero-order chi connectivity index (χ0) is 22.3. The van der Waals surface area contributed by atoms with Gasteiger partial charge in [-0.05, 0) is 37.1 Å². The van der Waals surface area contributed by atoms with Crippen molar-refractivity contribution in [3.05, 3.63) is 57.3 Å². The number of carbonyl (C=O) groups excluding carboxylic acids is 1. The lowest BCUT2D eigenvalue weighted by Gasteiger charge is -2.17. The van der Waals surface area contributed by atoms with Crippen molar-refractivity contribution in [3.63, 3.8) is 0 Å². The monoisotopic (exact) mass is 472 g/mol. The maximum Gasteiger partial charge on any atom is 0.244 e. The molecule has 0 saturated heterocycles. The van der Waals surface area contributed by atoms with Gasteiger partial charge < -0.3 is 5.32 Å². The van der Waals surface area contributed by atoms with Gasteiger partial charge in [0.25, 0.3) is 0 Å². The molecule has 0 aliphatic rings. The van der Waals surface area contributed by atoms with Crippen molar-refractivity contribution in [1.82, 2.24) is 19.4 Å². The first-order valence-corrected chi connectivity index (χ1v) is 12.1. The summed E-state index contributed by atoms with van der Waals surface area (Å²) in [7, 11) is -3.22. The molecule has 0 fully saturated rings. The van der Waals surface area contributed by atoms with Gasteiger partial charge in [-0.25, -0.2) is 17.4 Å². The zero-order valence-electron chi connectivity index (χ0n) is 17.2. The highest BCUT2D eigenvalue weighted by molar-refractivity contribution is 7.88. The number of sulfonamides is 1. The Morgan fingerprint density at radius 3 is 2.53 bits per heavy atom. The molecule has 1 aromatic heterocycles. The molecular formula is C20H26Cl2N4O3S. The number of amides is 1. The van der Waals surface area contributed by atoms with E-state index in [1.54, 1.807) is 17.7 Å². The Hall–Kier alpha value is -1.87. The molecule has 0 spiro atoms. The lowest BCUT2D eigenvalue weighted by atomic mass is 10.2. The first-order valence-electron chi connectivity index (χ1n) is 9.50. The Balaban J connectivity index is 1.91. The number of halogens is 2. The van der Waals surface area contributed by atoms with E-state index in [0.717, 1.165) is 5.56 Å². The van der Waals surface area contributed by atoms with Crippen LogP contribution in [0.4, 0.5) is 0 Å². The zero-order valence-corrected chi connectivity index (χ0v) is 19.6. The molecule has 0 radical (unpaired) electrons. The molecule has 0 aliphatic carbocycles. The van der Waals surface area contributed by atoms with E-state index in [4.69, 9.17) is 23.2 Å². The Morgan fingerprint density at radius 1 is 1.27 bits per heavy atom. The van der Waals surface area contributed by atoms with Crippen molar-refractivity contribution in [3.8, 4) is 0 Å². The predicted octanol–water partition coefficient (Wildman–Crippen LogP) is 3.35. The van der Waals surface area contributed by atoms with Gasteiger partial charge >= 0.3 is 0 Å². The number of nitrogens with one attached hydrogen (secondary N) is 1. The third-order valence-electron chi connectivity index (χ3n) is 4.46. The van der Waals surface area contributed by atoms with Crippen LogP contribution in [-0.4, -0.2) is 54.3 Å². The second kappa shape index (κ2) is 10.9. The largest absolute Gasteiger partial charge is 0.353 e. The van der Waals surface area contributed by atoms with Gasteiger partial charge in [0, 0.05) is 36.3 Å². The van der Waals surface area contributed by atoms with Crippen molar-refractivity contribution < 1.29 is 13.2 Å². The summed E-state index contributed by atoms with van der Waals surface area (Å²) in [5.74, 6) is -0.279. The Morgan fingerprint density at radius 2 is 1.93 bits per heavy atom. The quantitative estimate of drug-likeness (QED) is 0.424. The minimum absolute atomic E-state index is 0.279. The van der Waals surface area contributed by atoms with Crippen LogP contribution in [0.2, 0.25) is 10.2 Å². The molecule has 1 N–H and O–H groups in total. The molecule has 2 rings (SSSR count). The maximum atomic E-state index is 12.1. The van der Waals surface area contributed by atoms with E-state index >= 15 is 0 Å². The van der Waals surface area contributed by atoms with Crippen LogP contribution in [0.1, 0.15) is 30.2 Å². The number of hydrogen-bond acceptors (Lipinski definition) is 4. The fourth-order valence-corrected chi connectivity index (χ4v) is 4.22. The summed E-state index contributed by atoms with van der Waals surface area (Å²) in [6.45, 7) is 5.24. The van der Waals surface area contributed by atoms with Crippen molar-refractivity contribution in [2.45, 2.75) is 26.8 Å². The van der Waals surface area contributed by atoms with Crippen LogP contribution >= 0.6 is 23.2 Å². The van der Waals surface area contributed by atoms with Crippen LogP contribution in [0.3, 0.4) is 0 Å². The number of aryl methyl sites for hydroxylation is 1. The Kier molecular flexibility index (Phi) is 8.91. The second-order valence-corrected chi connectivity index (χ2v) is 9.58. The molecule has 2 aromatic rings. The smallest absolute Gasteiger partial charge is 0.244 e. The molecule has 10 heteroatoms. The van der Waals surface area contributed by atoms with Gasteiger partial charge in [-0.2, -0.15) is 5.10 Å². The second-order valence-electron chi connectivity index (χ2n) is 6.81. The molecule has 1 aromatic carbocycles. The number of aromatic nitrogens is 2. The van der Waals surface area contributed by atoms with Crippen molar-refractivity contribution in [2.24, 2.45) is 0 Å². The van der Waals surface area contributed by atoms with Crippen LogP contribution in [0.5, 0.6) is 0 Å². The number of hydrogen-bond donors (Lipinski definition) is 1. The van der Waals surface area contributed by atoms with E-state index in [9.17, 15) is 13.2 Å². The Bertz CT molecular complexity index is 1000. The van der Waals surface area contributed by atoms with Gasteiger partial charge in [0.05, 0.1) is 18.5 Å². The van der Waals surface area contributed by atoms with Crippen molar-refractivity contribution in [2.75, 3.05) is 25.9 Å². The summed E-state index contributed by atoms with van der Waals surface area (Å²) < 4.78 is 26.1. The van der Waals surface area contributed by atoms with Crippen molar-refractivity contribution in [1.29, 1.82) is 0 Å².